The summed E-state index contributed by atoms with van der Waals surface area (Å²) in [4.78, 5) is 31.3. The van der Waals surface area contributed by atoms with Crippen molar-refractivity contribution in [3.05, 3.63) is 63.5 Å². The van der Waals surface area contributed by atoms with Crippen molar-refractivity contribution in [2.75, 3.05) is 47.5 Å². The molecule has 8 heteroatoms. The van der Waals surface area contributed by atoms with E-state index in [-0.39, 0.29) is 17.1 Å². The van der Waals surface area contributed by atoms with E-state index in [9.17, 15) is 9.59 Å². The molecular formula is C27H32N2O6. The molecule has 1 atom stereocenters. The summed E-state index contributed by atoms with van der Waals surface area (Å²) in [5.41, 5.74) is 1.22. The van der Waals surface area contributed by atoms with Gasteiger partial charge in [0.05, 0.1) is 38.3 Å². The molecule has 1 aliphatic heterocycles. The Balaban J connectivity index is 1.87. The standard InChI is InChI=1S/C27H32N2O6/c1-6-28(7-2)13-10-14-29-23(17-15-20(32-3)25(34-5)21(16-17)33-4)22-24(30)18-11-8-9-12-19(18)35-26(22)27(29)31/h8-9,11-12,15-16,23H,6-7,10,13-14H2,1-5H3. The van der Waals surface area contributed by atoms with E-state index < -0.39 is 6.04 Å². The van der Waals surface area contributed by atoms with Crippen LogP contribution in [0.15, 0.2) is 45.6 Å². The zero-order chi connectivity index (χ0) is 25.1. The Labute approximate surface area is 205 Å². The fourth-order valence-corrected chi connectivity index (χ4v) is 4.81. The third-order valence-corrected chi connectivity index (χ3v) is 6.64. The third-order valence-electron chi connectivity index (χ3n) is 6.64. The highest BCUT2D eigenvalue weighted by Crippen LogP contribution is 2.45. The highest BCUT2D eigenvalue weighted by atomic mass is 16.5. The van der Waals surface area contributed by atoms with Gasteiger partial charge < -0.3 is 28.4 Å². The van der Waals surface area contributed by atoms with Crippen LogP contribution in [0.5, 0.6) is 17.2 Å². The molecule has 0 bridgehead atoms. The van der Waals surface area contributed by atoms with Crippen molar-refractivity contribution < 1.29 is 23.4 Å². The predicted molar refractivity (Wildman–Crippen MR) is 134 cm³/mol. The molecule has 0 N–H and O–H groups in total. The second-order valence-electron chi connectivity index (χ2n) is 8.41. The Kier molecular flexibility index (Phi) is 7.31. The second kappa shape index (κ2) is 10.4. The molecule has 3 aromatic rings. The minimum Gasteiger partial charge on any atom is -0.493 e. The molecule has 0 saturated carbocycles. The number of benzene rings is 2. The molecule has 0 saturated heterocycles. The summed E-state index contributed by atoms with van der Waals surface area (Å²) in [5.74, 6) is 1.16. The maximum Gasteiger partial charge on any atom is 0.290 e. The summed E-state index contributed by atoms with van der Waals surface area (Å²) in [6.45, 7) is 7.42. The summed E-state index contributed by atoms with van der Waals surface area (Å²) in [7, 11) is 4.62. The molecule has 4 rings (SSSR count). The van der Waals surface area contributed by atoms with Crippen molar-refractivity contribution in [3.63, 3.8) is 0 Å². The van der Waals surface area contributed by atoms with E-state index in [1.807, 2.05) is 0 Å². The minimum absolute atomic E-state index is 0.0929. The first-order valence-corrected chi connectivity index (χ1v) is 11.9. The Morgan fingerprint density at radius 3 is 2.23 bits per heavy atom. The van der Waals surface area contributed by atoms with Gasteiger partial charge in [0.15, 0.2) is 16.9 Å². The van der Waals surface area contributed by atoms with Gasteiger partial charge in [-0.3, -0.25) is 9.59 Å². The van der Waals surface area contributed by atoms with Crippen molar-refractivity contribution in [1.82, 2.24) is 9.80 Å². The number of hydrogen-bond donors (Lipinski definition) is 0. The van der Waals surface area contributed by atoms with E-state index in [2.05, 4.69) is 18.7 Å². The van der Waals surface area contributed by atoms with Crippen molar-refractivity contribution in [3.8, 4) is 17.2 Å². The van der Waals surface area contributed by atoms with E-state index in [4.69, 9.17) is 18.6 Å². The zero-order valence-electron chi connectivity index (χ0n) is 20.9. The predicted octanol–water partition coefficient (Wildman–Crippen LogP) is 4.10. The first-order valence-electron chi connectivity index (χ1n) is 11.9. The number of methoxy groups -OCH3 is 3. The van der Waals surface area contributed by atoms with Crippen molar-refractivity contribution >= 4 is 16.9 Å². The molecule has 0 aliphatic carbocycles. The number of amides is 1. The molecule has 1 aliphatic rings. The Hall–Kier alpha value is -3.52. The van der Waals surface area contributed by atoms with Crippen LogP contribution in [-0.2, 0) is 0 Å². The van der Waals surface area contributed by atoms with E-state index in [1.165, 1.54) is 7.11 Å². The van der Waals surface area contributed by atoms with Gasteiger partial charge in [0.25, 0.3) is 5.91 Å². The number of carbonyl (C=O) groups excluding carboxylic acids is 1. The topological polar surface area (TPSA) is 81.5 Å². The number of carbonyl (C=O) groups is 1. The summed E-state index contributed by atoms with van der Waals surface area (Å²) in [5, 5.41) is 0.446. The monoisotopic (exact) mass is 480 g/mol. The van der Waals surface area contributed by atoms with E-state index in [0.717, 1.165) is 26.1 Å². The minimum atomic E-state index is -0.635. The molecule has 186 valence electrons. The molecule has 8 nitrogen and oxygen atoms in total. The SMILES string of the molecule is CCN(CC)CCCN1C(=O)c2oc3ccccc3c(=O)c2C1c1cc(OC)c(OC)c(OC)c1. The Morgan fingerprint density at radius 1 is 0.971 bits per heavy atom. The van der Waals surface area contributed by atoms with Crippen LogP contribution in [0, 0.1) is 0 Å². The van der Waals surface area contributed by atoms with Gasteiger partial charge in [-0.25, -0.2) is 0 Å². The maximum absolute atomic E-state index is 13.7. The van der Waals surface area contributed by atoms with Gasteiger partial charge in [0.1, 0.15) is 5.58 Å². The molecule has 2 aromatic carbocycles. The molecule has 0 fully saturated rings. The summed E-state index contributed by atoms with van der Waals surface area (Å²) < 4.78 is 22.6. The lowest BCUT2D eigenvalue weighted by atomic mass is 9.97. The lowest BCUT2D eigenvalue weighted by Gasteiger charge is -2.27. The first kappa shape index (κ1) is 24.6. The summed E-state index contributed by atoms with van der Waals surface area (Å²) >= 11 is 0. The molecule has 1 aromatic heterocycles. The van der Waals surface area contributed by atoms with Gasteiger partial charge in [-0.05, 0) is 55.9 Å². The lowest BCUT2D eigenvalue weighted by Crippen LogP contribution is -2.33. The highest BCUT2D eigenvalue weighted by Gasteiger charge is 2.43. The van der Waals surface area contributed by atoms with Crippen molar-refractivity contribution in [2.45, 2.75) is 26.3 Å². The maximum atomic E-state index is 13.7. The van der Waals surface area contributed by atoms with Crippen LogP contribution in [0.1, 0.15) is 48.0 Å². The molecule has 2 heterocycles. The van der Waals surface area contributed by atoms with Crippen LogP contribution >= 0.6 is 0 Å². The molecular weight excluding hydrogens is 448 g/mol. The van der Waals surface area contributed by atoms with Crippen LogP contribution < -0.4 is 19.6 Å². The number of fused-ring (bicyclic) bond motifs is 2. The molecule has 35 heavy (non-hydrogen) atoms. The number of ether oxygens (including phenoxy) is 3. The molecule has 1 amide bonds. The lowest BCUT2D eigenvalue weighted by molar-refractivity contribution is 0.0719. The average molecular weight is 481 g/mol. The van der Waals surface area contributed by atoms with Gasteiger partial charge in [-0.2, -0.15) is 0 Å². The summed E-state index contributed by atoms with van der Waals surface area (Å²) in [6.07, 6.45) is 0.760. The van der Waals surface area contributed by atoms with E-state index in [1.54, 1.807) is 55.5 Å². The first-order chi connectivity index (χ1) is 17.0. The van der Waals surface area contributed by atoms with Gasteiger partial charge >= 0.3 is 0 Å². The fraction of sp³-hybridized carbons (Fsp3) is 0.407. The van der Waals surface area contributed by atoms with Crippen LogP contribution in [0.3, 0.4) is 0 Å². The third kappa shape index (κ3) is 4.34. The largest absolute Gasteiger partial charge is 0.493 e. The Bertz CT molecular complexity index is 1260. The normalized spacial score (nSPS) is 15.1. The average Bonchev–Trinajstić information content (AvgIpc) is 3.17. The number of hydrogen-bond acceptors (Lipinski definition) is 7. The van der Waals surface area contributed by atoms with E-state index >= 15 is 0 Å². The van der Waals surface area contributed by atoms with Crippen LogP contribution in [0.2, 0.25) is 0 Å². The second-order valence-corrected chi connectivity index (χ2v) is 8.41. The molecule has 0 radical (unpaired) electrons. The highest BCUT2D eigenvalue weighted by molar-refractivity contribution is 5.99. The van der Waals surface area contributed by atoms with Crippen LogP contribution in [0.25, 0.3) is 11.0 Å². The fourth-order valence-electron chi connectivity index (χ4n) is 4.81. The van der Waals surface area contributed by atoms with Gasteiger partial charge in [0.2, 0.25) is 11.5 Å². The molecule has 0 spiro atoms. The van der Waals surface area contributed by atoms with Crippen LogP contribution in [-0.4, -0.2) is 63.2 Å². The van der Waals surface area contributed by atoms with Gasteiger partial charge in [-0.15, -0.1) is 0 Å². The van der Waals surface area contributed by atoms with Crippen molar-refractivity contribution in [2.24, 2.45) is 0 Å². The summed E-state index contributed by atoms with van der Waals surface area (Å²) in [6, 6.07) is 9.96. The molecule has 1 unspecified atom stereocenters. The Morgan fingerprint density at radius 2 is 1.63 bits per heavy atom. The number of rotatable bonds is 10. The van der Waals surface area contributed by atoms with Gasteiger partial charge in [-0.1, -0.05) is 26.0 Å². The van der Waals surface area contributed by atoms with E-state index in [0.29, 0.717) is 45.9 Å². The van der Waals surface area contributed by atoms with Gasteiger partial charge in [0, 0.05) is 6.54 Å². The number of para-hydroxylation sites is 1. The van der Waals surface area contributed by atoms with Crippen LogP contribution in [0.4, 0.5) is 0 Å². The number of nitrogens with zero attached hydrogens (tertiary/aromatic N) is 2. The quantitative estimate of drug-likeness (QED) is 0.432. The zero-order valence-corrected chi connectivity index (χ0v) is 20.9. The van der Waals surface area contributed by atoms with Crippen molar-refractivity contribution in [1.29, 1.82) is 0 Å². The smallest absolute Gasteiger partial charge is 0.290 e.